The summed E-state index contributed by atoms with van der Waals surface area (Å²) in [4.78, 5) is 46.6. The van der Waals surface area contributed by atoms with Crippen molar-refractivity contribution in [3.8, 4) is 11.3 Å². The molecule has 0 radical (unpaired) electrons. The van der Waals surface area contributed by atoms with Crippen LogP contribution in [0.3, 0.4) is 0 Å². The van der Waals surface area contributed by atoms with Gasteiger partial charge in [-0.25, -0.2) is 4.79 Å². The third-order valence-corrected chi connectivity index (χ3v) is 10.2. The number of halogens is 3. The first-order valence-electron chi connectivity index (χ1n) is 22.8. The van der Waals surface area contributed by atoms with Crippen LogP contribution in [0, 0.1) is 0 Å². The molecule has 0 aliphatic carbocycles. The van der Waals surface area contributed by atoms with Crippen LogP contribution in [-0.4, -0.2) is 157 Å². The molecule has 3 aromatic carbocycles. The summed E-state index contributed by atoms with van der Waals surface area (Å²) in [5.74, 6) is -0.868. The van der Waals surface area contributed by atoms with Gasteiger partial charge in [0, 0.05) is 61.3 Å². The maximum Gasteiger partial charge on any atom is 0.416 e. The number of benzene rings is 3. The molecule has 1 heterocycles. The normalized spacial score (nSPS) is 11.3. The zero-order chi connectivity index (χ0) is 49.7. The van der Waals surface area contributed by atoms with Crippen molar-refractivity contribution in [2.75, 3.05) is 129 Å². The molecule has 0 aliphatic heterocycles. The molecule has 0 saturated heterocycles. The molecule has 4 aromatic rings. The van der Waals surface area contributed by atoms with Crippen LogP contribution in [-0.2, 0) is 52.5 Å². The van der Waals surface area contributed by atoms with E-state index in [1.54, 1.807) is 30.3 Å². The number of hydrogen-bond acceptors (Lipinski definition) is 14. The molecule has 69 heavy (non-hydrogen) atoms. The van der Waals surface area contributed by atoms with Gasteiger partial charge in [0.05, 0.1) is 109 Å². The van der Waals surface area contributed by atoms with Crippen LogP contribution >= 0.6 is 0 Å². The predicted molar refractivity (Wildman–Crippen MR) is 251 cm³/mol. The fourth-order valence-electron chi connectivity index (χ4n) is 6.60. The molecular weight excluding hydrogens is 908 g/mol. The number of ether oxygens (including phenoxy) is 7. The van der Waals surface area contributed by atoms with Gasteiger partial charge in [0.1, 0.15) is 6.61 Å². The molecule has 0 atom stereocenters. The lowest BCUT2D eigenvalue weighted by atomic mass is 10.0. The Morgan fingerprint density at radius 2 is 1.20 bits per heavy atom. The van der Waals surface area contributed by atoms with Crippen molar-refractivity contribution in [2.24, 2.45) is 0 Å². The van der Waals surface area contributed by atoms with Crippen molar-refractivity contribution in [2.45, 2.75) is 33.2 Å². The second-order valence-corrected chi connectivity index (χ2v) is 15.0. The van der Waals surface area contributed by atoms with Crippen LogP contribution < -0.4 is 15.5 Å². The summed E-state index contributed by atoms with van der Waals surface area (Å²) in [5.41, 5.74) is 3.26. The maximum atomic E-state index is 13.7. The number of pyridine rings is 1. The van der Waals surface area contributed by atoms with Crippen molar-refractivity contribution >= 4 is 29.3 Å². The van der Waals surface area contributed by atoms with E-state index in [2.05, 4.69) is 20.5 Å². The molecule has 20 heteroatoms. The third kappa shape index (κ3) is 20.4. The molecule has 0 bridgehead atoms. The third-order valence-electron chi connectivity index (χ3n) is 10.2. The number of nitrogens with one attached hydrogen (secondary N) is 2. The molecule has 0 saturated carbocycles. The molecule has 3 amide bonds. The molecule has 17 nitrogen and oxygen atoms in total. The first kappa shape index (κ1) is 55.9. The smallest absolute Gasteiger partial charge is 0.416 e. The number of rotatable bonds is 33. The Balaban J connectivity index is 1.13. The lowest BCUT2D eigenvalue weighted by molar-refractivity contribution is -0.137. The molecule has 4 rings (SSSR count). The highest BCUT2D eigenvalue weighted by Crippen LogP contribution is 2.33. The van der Waals surface area contributed by atoms with Gasteiger partial charge in [-0.05, 0) is 79.6 Å². The zero-order valence-corrected chi connectivity index (χ0v) is 39.2. The molecule has 0 unspecified atom stereocenters. The van der Waals surface area contributed by atoms with E-state index in [4.69, 9.17) is 43.4 Å². The largest absolute Gasteiger partial charge is 0.447 e. The number of alkyl halides is 3. The summed E-state index contributed by atoms with van der Waals surface area (Å²) in [6.07, 6.45) is -3.66. The van der Waals surface area contributed by atoms with Crippen molar-refractivity contribution in [3.05, 3.63) is 113 Å². The molecular formula is C49H64F3N5O12. The van der Waals surface area contributed by atoms with E-state index in [1.165, 1.54) is 29.3 Å². The summed E-state index contributed by atoms with van der Waals surface area (Å²) >= 11 is 0. The van der Waals surface area contributed by atoms with E-state index in [9.17, 15) is 27.6 Å². The Bertz CT molecular complexity index is 2140. The van der Waals surface area contributed by atoms with Crippen LogP contribution in [0.25, 0.3) is 11.3 Å². The molecule has 0 aliphatic rings. The quantitative estimate of drug-likeness (QED) is 0.0417. The lowest BCUT2D eigenvalue weighted by Gasteiger charge is -2.23. The highest BCUT2D eigenvalue weighted by Gasteiger charge is 2.30. The Hall–Kier alpha value is -5.71. The number of aliphatic hydroxyl groups is 2. The number of anilines is 2. The summed E-state index contributed by atoms with van der Waals surface area (Å²) in [5, 5.41) is 23.6. The van der Waals surface area contributed by atoms with Crippen LogP contribution in [0.2, 0.25) is 0 Å². The number of amides is 3. The summed E-state index contributed by atoms with van der Waals surface area (Å²) in [6, 6.07) is 20.5. The van der Waals surface area contributed by atoms with Crippen LogP contribution in [0.15, 0.2) is 85.1 Å². The first-order valence-corrected chi connectivity index (χ1v) is 22.8. The van der Waals surface area contributed by atoms with Crippen LogP contribution in [0.5, 0.6) is 0 Å². The standard InChI is InChI=1S/C49H64F3N5O12/c1-3-56(4-2)42-11-12-44(43(34-42)45-33-40(13-14-53-45)46(60)54-35-37-7-6-10-41(32-37)49(50,51)52)55-47(61)39-9-5-8-38(31-39)36-68-28-27-66-24-23-64-20-19-63-21-22-65-25-26-67-29-30-69-48(62)57(15-17-58)16-18-59/h5-14,31-34,58-59H,3-4,15-30,35-36H2,1-2H3,(H,54,60)(H,55,61). The molecule has 4 N–H and O–H groups in total. The van der Waals surface area contributed by atoms with Gasteiger partial charge in [0.2, 0.25) is 0 Å². The predicted octanol–water partition coefficient (Wildman–Crippen LogP) is 5.82. The zero-order valence-electron chi connectivity index (χ0n) is 39.2. The number of carbonyl (C=O) groups is 3. The van der Waals surface area contributed by atoms with Crippen LogP contribution in [0.1, 0.15) is 51.3 Å². The maximum absolute atomic E-state index is 13.7. The minimum Gasteiger partial charge on any atom is -0.447 e. The fourth-order valence-corrected chi connectivity index (χ4v) is 6.60. The second-order valence-electron chi connectivity index (χ2n) is 15.0. The van der Waals surface area contributed by atoms with Gasteiger partial charge in [-0.1, -0.05) is 24.3 Å². The highest BCUT2D eigenvalue weighted by molar-refractivity contribution is 6.06. The second kappa shape index (κ2) is 31.4. The van der Waals surface area contributed by atoms with Crippen molar-refractivity contribution in [3.63, 3.8) is 0 Å². The molecule has 1 aromatic heterocycles. The molecule has 378 valence electrons. The van der Waals surface area contributed by atoms with Crippen molar-refractivity contribution in [1.29, 1.82) is 0 Å². The Labute approximate surface area is 400 Å². The van der Waals surface area contributed by atoms with Gasteiger partial charge < -0.3 is 63.8 Å². The first-order chi connectivity index (χ1) is 33.5. The number of hydrogen-bond donors (Lipinski definition) is 4. The topological polar surface area (TPSA) is 200 Å². The Morgan fingerprint density at radius 3 is 1.80 bits per heavy atom. The van der Waals surface area contributed by atoms with E-state index < -0.39 is 23.7 Å². The van der Waals surface area contributed by atoms with Gasteiger partial charge in [0.15, 0.2) is 0 Å². The Morgan fingerprint density at radius 1 is 0.638 bits per heavy atom. The van der Waals surface area contributed by atoms with Gasteiger partial charge in [-0.2, -0.15) is 13.2 Å². The number of aliphatic hydroxyl groups excluding tert-OH is 2. The van der Waals surface area contributed by atoms with Crippen molar-refractivity contribution in [1.82, 2.24) is 15.2 Å². The minimum atomic E-state index is -4.50. The number of aromatic nitrogens is 1. The fraction of sp³-hybridized carbons (Fsp3) is 0.469. The molecule has 0 fully saturated rings. The Kier molecular flexibility index (Phi) is 25.5. The van der Waals surface area contributed by atoms with Gasteiger partial charge in [0.25, 0.3) is 11.8 Å². The highest BCUT2D eigenvalue weighted by atomic mass is 19.4. The average Bonchev–Trinajstić information content (AvgIpc) is 3.35. The van der Waals surface area contributed by atoms with Gasteiger partial charge in [-0.15, -0.1) is 0 Å². The van der Waals surface area contributed by atoms with E-state index in [0.717, 1.165) is 36.5 Å². The minimum absolute atomic E-state index is 0.0432. The number of carbonyl (C=O) groups excluding carboxylic acids is 3. The van der Waals surface area contributed by atoms with E-state index in [-0.39, 0.29) is 64.1 Å². The summed E-state index contributed by atoms with van der Waals surface area (Å²) in [7, 11) is 0. The molecule has 0 spiro atoms. The lowest BCUT2D eigenvalue weighted by Crippen LogP contribution is -2.36. The summed E-state index contributed by atoms with van der Waals surface area (Å²) < 4.78 is 78.0. The average molecular weight is 972 g/mol. The monoisotopic (exact) mass is 971 g/mol. The van der Waals surface area contributed by atoms with E-state index >= 15 is 0 Å². The number of nitrogens with zero attached hydrogens (tertiary/aromatic N) is 3. The van der Waals surface area contributed by atoms with Crippen LogP contribution in [0.4, 0.5) is 29.3 Å². The van der Waals surface area contributed by atoms with E-state index in [1.807, 2.05) is 32.0 Å². The SMILES string of the molecule is CCN(CC)c1ccc(NC(=O)c2cccc(COCCOCCOCCOCCOCCOCCOC(=O)N(CCO)CCO)c2)c(-c2cc(C(=O)NCc3cccc(C(F)(F)F)c3)ccn2)c1. The van der Waals surface area contributed by atoms with Crippen molar-refractivity contribution < 1.29 is 70.9 Å². The summed E-state index contributed by atoms with van der Waals surface area (Å²) in [6.45, 7) is 9.24. The van der Waals surface area contributed by atoms with E-state index in [0.29, 0.717) is 94.1 Å². The van der Waals surface area contributed by atoms with Gasteiger partial charge in [-0.3, -0.25) is 14.6 Å². The van der Waals surface area contributed by atoms with Gasteiger partial charge >= 0.3 is 12.3 Å².